The largest absolute Gasteiger partial charge is 0.462 e. The van der Waals surface area contributed by atoms with Crippen LogP contribution >= 0.6 is 0 Å². The second-order valence-electron chi connectivity index (χ2n) is 24.0. The van der Waals surface area contributed by atoms with Crippen molar-refractivity contribution in [2.24, 2.45) is 47.2 Å². The number of nitrogens with two attached hydrogens (primary N) is 1. The molecule has 0 unspecified atom stereocenters. The Morgan fingerprint density at radius 1 is 0.794 bits per heavy atom. The number of amides is 1. The molecule has 0 radical (unpaired) electrons. The molecule has 9 nitrogen and oxygen atoms in total. The van der Waals surface area contributed by atoms with E-state index < -0.39 is 43.3 Å². The molecule has 63 heavy (non-hydrogen) atoms. The topological polar surface area (TPSA) is 127 Å². The lowest BCUT2D eigenvalue weighted by Gasteiger charge is -2.47. The molecule has 13 atom stereocenters. The summed E-state index contributed by atoms with van der Waals surface area (Å²) in [6.45, 7) is 54.3. The number of carbonyl (C=O) groups is 2. The molecule has 1 heterocycles. The average Bonchev–Trinajstić information content (AvgIpc) is 3.12. The van der Waals surface area contributed by atoms with Crippen LogP contribution in [0.4, 0.5) is 4.79 Å². The molecule has 0 aromatic heterocycles. The van der Waals surface area contributed by atoms with Crippen molar-refractivity contribution < 1.29 is 37.4 Å². The molecule has 1 amide bonds. The van der Waals surface area contributed by atoms with Gasteiger partial charge in [-0.2, -0.15) is 0 Å². The van der Waals surface area contributed by atoms with Crippen molar-refractivity contribution in [3.63, 3.8) is 0 Å². The van der Waals surface area contributed by atoms with Crippen LogP contribution in [0.15, 0.2) is 48.6 Å². The van der Waals surface area contributed by atoms with Crippen LogP contribution in [0.25, 0.3) is 0 Å². The second kappa shape index (κ2) is 23.3. The van der Waals surface area contributed by atoms with E-state index in [0.29, 0.717) is 12.8 Å². The zero-order valence-electron chi connectivity index (χ0n) is 44.5. The molecule has 1 aliphatic rings. The molecule has 0 aromatic rings. The smallest absolute Gasteiger partial charge is 0.404 e. The normalized spacial score (nSPS) is 24.6. The predicted molar refractivity (Wildman–Crippen MR) is 272 cm³/mol. The Kier molecular flexibility index (Phi) is 21.9. The fraction of sp³-hybridized carbons (Fsp3) is 0.804. The first-order valence-corrected chi connectivity index (χ1v) is 32.6. The Hall–Kier alpha value is -1.81. The highest BCUT2D eigenvalue weighted by Gasteiger charge is 2.49. The SMILES string of the molecule is C=C/C=C\[C@@H](C)[C@@H](OC(N)=O)[C@H](C)[C@@H](O)[C@H](C)C/C(C)=C\[C@@H](C)[C@H](O[Si](C)(C)C(C)(C)C)[C@H](C)/C=C\[C@@H](C[C@H]1OC(=O)[C@@H](C)[C@H](O[Si](C)(C)C(C)(C)C)[C@@H]1C)O[Si](C)(C)C(C)(C)C. The van der Waals surface area contributed by atoms with Crippen LogP contribution in [-0.4, -0.2) is 78.7 Å². The number of carbonyl (C=O) groups excluding carboxylic acids is 2. The minimum absolute atomic E-state index is 0.00140. The van der Waals surface area contributed by atoms with Gasteiger partial charge in [-0.05, 0) is 92.4 Å². The zero-order chi connectivity index (χ0) is 49.4. The van der Waals surface area contributed by atoms with Crippen molar-refractivity contribution in [3.8, 4) is 0 Å². The first-order valence-electron chi connectivity index (χ1n) is 23.8. The fourth-order valence-corrected chi connectivity index (χ4v) is 12.1. The predicted octanol–water partition coefficient (Wildman–Crippen LogP) is 13.4. The summed E-state index contributed by atoms with van der Waals surface area (Å²) in [7, 11) is -6.67. The summed E-state index contributed by atoms with van der Waals surface area (Å²) in [5.41, 5.74) is 6.63. The average molecular weight is 937 g/mol. The van der Waals surface area contributed by atoms with Crippen LogP contribution in [0, 0.1) is 41.4 Å². The number of ether oxygens (including phenoxy) is 2. The number of esters is 1. The highest BCUT2D eigenvalue weighted by Crippen LogP contribution is 2.44. The van der Waals surface area contributed by atoms with Crippen molar-refractivity contribution in [1.82, 2.24) is 0 Å². The van der Waals surface area contributed by atoms with E-state index >= 15 is 0 Å². The maximum absolute atomic E-state index is 13.5. The van der Waals surface area contributed by atoms with Gasteiger partial charge in [0.2, 0.25) is 0 Å². The van der Waals surface area contributed by atoms with Gasteiger partial charge in [0.15, 0.2) is 25.0 Å². The Bertz CT molecular complexity index is 1570. The quantitative estimate of drug-likeness (QED) is 0.0476. The number of rotatable bonds is 22. The summed E-state index contributed by atoms with van der Waals surface area (Å²) in [5, 5.41) is 11.6. The van der Waals surface area contributed by atoms with E-state index in [4.69, 9.17) is 28.5 Å². The van der Waals surface area contributed by atoms with Crippen LogP contribution in [0.3, 0.4) is 0 Å². The number of aliphatic hydroxyl groups is 1. The van der Waals surface area contributed by atoms with Gasteiger partial charge < -0.3 is 33.6 Å². The van der Waals surface area contributed by atoms with Crippen molar-refractivity contribution in [3.05, 3.63) is 48.6 Å². The molecule has 0 spiro atoms. The maximum Gasteiger partial charge on any atom is 0.404 e. The third kappa shape index (κ3) is 17.1. The maximum atomic E-state index is 13.5. The minimum Gasteiger partial charge on any atom is -0.462 e. The summed E-state index contributed by atoms with van der Waals surface area (Å²) >= 11 is 0. The number of hydrogen-bond donors (Lipinski definition) is 2. The molecule has 1 fully saturated rings. The standard InChI is InChI=1S/C51H97NO8Si3/c1-25-26-27-34(3)45(57-48(52)55)39(8)43(53)36(5)30-33(2)31-37(6)44(59-62(21,22)50(13,14)15)35(4)28-29-41(58-61(19,20)49(10,11)12)32-42-38(7)46(40(9)47(54)56-42)60-63(23,24)51(16,17)18/h25-29,31,34-46,53H,1,30,32H2,2-24H3,(H2,52,55)/b27-26-,29-28-,33-31-/t34-,35-,36-,37-,38-,39-,40+,41+,42-,43+,44-,45-,46-/m1/s1. The summed E-state index contributed by atoms with van der Waals surface area (Å²) in [6.07, 6.45) is 10.2. The van der Waals surface area contributed by atoms with Gasteiger partial charge in [0.05, 0.1) is 30.3 Å². The molecule has 12 heteroatoms. The lowest BCUT2D eigenvalue weighted by Crippen LogP contribution is -2.55. The Morgan fingerprint density at radius 2 is 1.29 bits per heavy atom. The summed E-state index contributed by atoms with van der Waals surface area (Å²) < 4.78 is 33.3. The second-order valence-corrected chi connectivity index (χ2v) is 38.3. The van der Waals surface area contributed by atoms with Crippen LogP contribution in [-0.2, 0) is 27.5 Å². The molecular formula is C51H97NO8Si3. The Balaban J connectivity index is 3.64. The summed E-state index contributed by atoms with van der Waals surface area (Å²) in [5.74, 6) is -1.13. The summed E-state index contributed by atoms with van der Waals surface area (Å²) in [4.78, 5) is 25.4. The van der Waals surface area contributed by atoms with E-state index in [0.717, 1.165) is 5.57 Å². The van der Waals surface area contributed by atoms with Gasteiger partial charge in [-0.3, -0.25) is 4.79 Å². The molecule has 3 N–H and O–H groups in total. The van der Waals surface area contributed by atoms with Crippen LogP contribution < -0.4 is 5.73 Å². The molecule has 366 valence electrons. The number of allylic oxidation sites excluding steroid dienone is 3. The van der Waals surface area contributed by atoms with Crippen LogP contribution in [0.2, 0.25) is 54.4 Å². The zero-order valence-corrected chi connectivity index (χ0v) is 47.5. The van der Waals surface area contributed by atoms with E-state index in [1.165, 1.54) is 0 Å². The van der Waals surface area contributed by atoms with Gasteiger partial charge >= 0.3 is 12.1 Å². The summed E-state index contributed by atoms with van der Waals surface area (Å²) in [6, 6.07) is 0. The van der Waals surface area contributed by atoms with E-state index in [1.807, 2.05) is 39.8 Å². The number of primary amides is 1. The lowest BCUT2D eigenvalue weighted by atomic mass is 9.81. The van der Waals surface area contributed by atoms with Gasteiger partial charge in [0.25, 0.3) is 0 Å². The molecule has 0 bridgehead atoms. The third-order valence-electron chi connectivity index (χ3n) is 15.2. The van der Waals surface area contributed by atoms with E-state index in [2.05, 4.69) is 154 Å². The lowest BCUT2D eigenvalue weighted by molar-refractivity contribution is -0.177. The number of aliphatic hydroxyl groups excluding tert-OH is 1. The van der Waals surface area contributed by atoms with Crippen LogP contribution in [0.1, 0.15) is 131 Å². The first kappa shape index (κ1) is 59.2. The van der Waals surface area contributed by atoms with Crippen molar-refractivity contribution in [1.29, 1.82) is 0 Å². The molecule has 1 aliphatic heterocycles. The minimum atomic E-state index is -2.26. The Morgan fingerprint density at radius 3 is 1.76 bits per heavy atom. The monoisotopic (exact) mass is 936 g/mol. The molecule has 1 rings (SSSR count). The van der Waals surface area contributed by atoms with Gasteiger partial charge in [0, 0.05) is 24.2 Å². The first-order chi connectivity index (χ1) is 28.3. The van der Waals surface area contributed by atoms with Crippen molar-refractivity contribution in [2.45, 2.75) is 222 Å². The number of cyclic esters (lactones) is 1. The van der Waals surface area contributed by atoms with Gasteiger partial charge in [-0.1, -0.05) is 152 Å². The third-order valence-corrected chi connectivity index (χ3v) is 28.7. The van der Waals surface area contributed by atoms with Gasteiger partial charge in [-0.15, -0.1) is 0 Å². The molecule has 0 aromatic carbocycles. The number of hydrogen-bond acceptors (Lipinski definition) is 8. The van der Waals surface area contributed by atoms with Gasteiger partial charge in [0.1, 0.15) is 12.2 Å². The Labute approximate surface area is 390 Å². The highest BCUT2D eigenvalue weighted by molar-refractivity contribution is 6.75. The van der Waals surface area contributed by atoms with E-state index in [-0.39, 0.29) is 86.9 Å². The van der Waals surface area contributed by atoms with Crippen LogP contribution in [0.5, 0.6) is 0 Å². The van der Waals surface area contributed by atoms with Gasteiger partial charge in [-0.25, -0.2) is 4.79 Å². The van der Waals surface area contributed by atoms with Crippen molar-refractivity contribution >= 4 is 37.0 Å². The molecule has 0 saturated carbocycles. The molecular weight excluding hydrogens is 839 g/mol. The molecule has 0 aliphatic carbocycles. The van der Waals surface area contributed by atoms with E-state index in [9.17, 15) is 14.7 Å². The van der Waals surface area contributed by atoms with E-state index in [1.54, 1.807) is 6.08 Å². The fourth-order valence-electron chi connectivity index (χ4n) is 7.87. The molecule has 1 saturated heterocycles. The highest BCUT2D eigenvalue weighted by atomic mass is 28.4. The van der Waals surface area contributed by atoms with Crippen molar-refractivity contribution in [2.75, 3.05) is 0 Å².